The summed E-state index contributed by atoms with van der Waals surface area (Å²) in [6.07, 6.45) is 1.45. The minimum Gasteiger partial charge on any atom is -0.492 e. The number of nitrogens with zero attached hydrogens (tertiary/aromatic N) is 2. The molecule has 1 aromatic carbocycles. The van der Waals surface area contributed by atoms with Crippen LogP contribution in [-0.4, -0.2) is 28.8 Å². The van der Waals surface area contributed by atoms with Gasteiger partial charge in [-0.15, -0.1) is 0 Å². The Balaban J connectivity index is 1.79. The van der Waals surface area contributed by atoms with E-state index >= 15 is 0 Å². The Kier molecular flexibility index (Phi) is 4.02. The number of nitrogen functional groups attached to an aromatic ring is 1. The summed E-state index contributed by atoms with van der Waals surface area (Å²) in [5, 5.41) is 6.64. The Bertz CT molecular complexity index is 532. The molecule has 0 aliphatic rings. The third-order valence-electron chi connectivity index (χ3n) is 2.58. The van der Waals surface area contributed by atoms with Gasteiger partial charge in [0.05, 0.1) is 18.4 Å². The molecule has 0 fully saturated rings. The van der Waals surface area contributed by atoms with E-state index in [1.54, 1.807) is 7.05 Å². The number of hydrogen-bond donors (Lipinski definition) is 2. The van der Waals surface area contributed by atoms with Crippen LogP contribution in [-0.2, 0) is 7.05 Å². The lowest BCUT2D eigenvalue weighted by Crippen LogP contribution is -2.30. The number of amides is 1. The minimum atomic E-state index is -0.255. The first kappa shape index (κ1) is 12.9. The molecule has 0 radical (unpaired) electrons. The molecule has 2 aromatic rings. The molecule has 0 aliphatic heterocycles. The van der Waals surface area contributed by atoms with Crippen molar-refractivity contribution in [3.63, 3.8) is 0 Å². The van der Waals surface area contributed by atoms with E-state index in [9.17, 15) is 4.79 Å². The standard InChI is InChI=1S/C13H16N4O2/c1-17-12(11(14)9-16-17)13(18)15-7-8-19-10-5-3-2-4-6-10/h2-6,9H,7-8,14H2,1H3,(H,15,18). The molecule has 0 spiro atoms. The van der Waals surface area contributed by atoms with Crippen molar-refractivity contribution >= 4 is 11.6 Å². The van der Waals surface area contributed by atoms with Crippen LogP contribution in [0.1, 0.15) is 10.5 Å². The number of benzene rings is 1. The second kappa shape index (κ2) is 5.90. The highest BCUT2D eigenvalue weighted by Gasteiger charge is 2.13. The topological polar surface area (TPSA) is 82.2 Å². The van der Waals surface area contributed by atoms with Gasteiger partial charge in [0, 0.05) is 7.05 Å². The summed E-state index contributed by atoms with van der Waals surface area (Å²) >= 11 is 0. The predicted octanol–water partition coefficient (Wildman–Crippen LogP) is 0.811. The Labute approximate surface area is 111 Å². The molecule has 0 aliphatic carbocycles. The molecule has 100 valence electrons. The van der Waals surface area contributed by atoms with E-state index in [2.05, 4.69) is 10.4 Å². The van der Waals surface area contributed by atoms with Gasteiger partial charge >= 0.3 is 0 Å². The minimum absolute atomic E-state index is 0.255. The zero-order valence-corrected chi connectivity index (χ0v) is 10.7. The second-order valence-corrected chi connectivity index (χ2v) is 3.99. The molecule has 3 N–H and O–H groups in total. The summed E-state index contributed by atoms with van der Waals surface area (Å²) < 4.78 is 6.91. The number of para-hydroxylation sites is 1. The fourth-order valence-corrected chi connectivity index (χ4v) is 1.67. The SMILES string of the molecule is Cn1ncc(N)c1C(=O)NCCOc1ccccc1. The summed E-state index contributed by atoms with van der Waals surface area (Å²) in [5.74, 6) is 0.519. The smallest absolute Gasteiger partial charge is 0.271 e. The number of aryl methyl sites for hydroxylation is 1. The van der Waals surface area contributed by atoms with Gasteiger partial charge in [0.2, 0.25) is 0 Å². The van der Waals surface area contributed by atoms with Crippen LogP contribution < -0.4 is 15.8 Å². The average Bonchev–Trinajstić information content (AvgIpc) is 2.75. The van der Waals surface area contributed by atoms with Gasteiger partial charge in [0.1, 0.15) is 18.1 Å². The van der Waals surface area contributed by atoms with Gasteiger partial charge < -0.3 is 15.8 Å². The molecule has 6 nitrogen and oxygen atoms in total. The number of carbonyl (C=O) groups is 1. The van der Waals surface area contributed by atoms with E-state index in [1.807, 2.05) is 30.3 Å². The monoisotopic (exact) mass is 260 g/mol. The average molecular weight is 260 g/mol. The Morgan fingerprint density at radius 3 is 2.79 bits per heavy atom. The quantitative estimate of drug-likeness (QED) is 0.779. The molecular weight excluding hydrogens is 244 g/mol. The molecule has 0 bridgehead atoms. The fraction of sp³-hybridized carbons (Fsp3) is 0.231. The zero-order chi connectivity index (χ0) is 13.7. The largest absolute Gasteiger partial charge is 0.492 e. The number of hydrogen-bond acceptors (Lipinski definition) is 4. The van der Waals surface area contributed by atoms with Crippen molar-refractivity contribution in [2.75, 3.05) is 18.9 Å². The highest BCUT2D eigenvalue weighted by Crippen LogP contribution is 2.09. The molecule has 2 rings (SSSR count). The zero-order valence-electron chi connectivity index (χ0n) is 10.7. The first-order chi connectivity index (χ1) is 9.18. The number of nitrogens with one attached hydrogen (secondary N) is 1. The van der Waals surface area contributed by atoms with Crippen LogP contribution in [0.3, 0.4) is 0 Å². The van der Waals surface area contributed by atoms with Crippen LogP contribution in [0.5, 0.6) is 5.75 Å². The molecule has 1 heterocycles. The van der Waals surface area contributed by atoms with Gasteiger partial charge in [-0.05, 0) is 12.1 Å². The van der Waals surface area contributed by atoms with Gasteiger partial charge in [-0.1, -0.05) is 18.2 Å². The molecule has 1 amide bonds. The third-order valence-corrected chi connectivity index (χ3v) is 2.58. The highest BCUT2D eigenvalue weighted by atomic mass is 16.5. The summed E-state index contributed by atoms with van der Waals surface area (Å²) in [4.78, 5) is 11.9. The first-order valence-corrected chi connectivity index (χ1v) is 5.92. The lowest BCUT2D eigenvalue weighted by atomic mass is 10.3. The molecule has 0 saturated carbocycles. The maximum absolute atomic E-state index is 11.9. The summed E-state index contributed by atoms with van der Waals surface area (Å²) in [7, 11) is 1.67. The molecule has 19 heavy (non-hydrogen) atoms. The maximum Gasteiger partial charge on any atom is 0.271 e. The van der Waals surface area contributed by atoms with Crippen molar-refractivity contribution in [2.45, 2.75) is 0 Å². The highest BCUT2D eigenvalue weighted by molar-refractivity contribution is 5.97. The van der Waals surface area contributed by atoms with E-state index in [1.165, 1.54) is 10.9 Å². The van der Waals surface area contributed by atoms with E-state index in [4.69, 9.17) is 10.5 Å². The third kappa shape index (κ3) is 3.25. The number of nitrogens with two attached hydrogens (primary N) is 1. The Morgan fingerprint density at radius 2 is 2.16 bits per heavy atom. The van der Waals surface area contributed by atoms with E-state index in [0.717, 1.165) is 5.75 Å². The molecule has 1 aromatic heterocycles. The first-order valence-electron chi connectivity index (χ1n) is 5.92. The van der Waals surface area contributed by atoms with Crippen LogP contribution in [0, 0.1) is 0 Å². The van der Waals surface area contributed by atoms with E-state index < -0.39 is 0 Å². The number of aromatic nitrogens is 2. The van der Waals surface area contributed by atoms with Crippen LogP contribution in [0.25, 0.3) is 0 Å². The normalized spacial score (nSPS) is 10.2. The van der Waals surface area contributed by atoms with Crippen molar-refractivity contribution < 1.29 is 9.53 Å². The van der Waals surface area contributed by atoms with Crippen LogP contribution in [0.2, 0.25) is 0 Å². The molecule has 0 unspecified atom stereocenters. The van der Waals surface area contributed by atoms with Crippen molar-refractivity contribution in [2.24, 2.45) is 7.05 Å². The summed E-state index contributed by atoms with van der Waals surface area (Å²) in [6.45, 7) is 0.797. The second-order valence-electron chi connectivity index (χ2n) is 3.99. The lowest BCUT2D eigenvalue weighted by Gasteiger charge is -2.08. The fourth-order valence-electron chi connectivity index (χ4n) is 1.67. The van der Waals surface area contributed by atoms with Crippen molar-refractivity contribution in [1.29, 1.82) is 0 Å². The number of anilines is 1. The van der Waals surface area contributed by atoms with Crippen molar-refractivity contribution in [1.82, 2.24) is 15.1 Å². The van der Waals surface area contributed by atoms with Crippen molar-refractivity contribution in [3.8, 4) is 5.75 Å². The van der Waals surface area contributed by atoms with Gasteiger partial charge in [0.15, 0.2) is 0 Å². The van der Waals surface area contributed by atoms with Gasteiger partial charge in [-0.25, -0.2) is 0 Å². The number of rotatable bonds is 5. The molecule has 6 heteroatoms. The molecular formula is C13H16N4O2. The summed E-state index contributed by atoms with van der Waals surface area (Å²) in [6, 6.07) is 9.43. The Hall–Kier alpha value is -2.50. The van der Waals surface area contributed by atoms with Crippen LogP contribution >= 0.6 is 0 Å². The van der Waals surface area contributed by atoms with Crippen LogP contribution in [0.4, 0.5) is 5.69 Å². The molecule has 0 saturated heterocycles. The number of ether oxygens (including phenoxy) is 1. The van der Waals surface area contributed by atoms with Gasteiger partial charge in [-0.3, -0.25) is 9.48 Å². The molecule has 0 atom stereocenters. The summed E-state index contributed by atoms with van der Waals surface area (Å²) in [5.41, 5.74) is 6.39. The van der Waals surface area contributed by atoms with E-state index in [0.29, 0.717) is 24.5 Å². The maximum atomic E-state index is 11.9. The lowest BCUT2D eigenvalue weighted by molar-refractivity contribution is 0.0938. The van der Waals surface area contributed by atoms with E-state index in [-0.39, 0.29) is 5.91 Å². The Morgan fingerprint density at radius 1 is 1.42 bits per heavy atom. The van der Waals surface area contributed by atoms with Crippen molar-refractivity contribution in [3.05, 3.63) is 42.2 Å². The van der Waals surface area contributed by atoms with Gasteiger partial charge in [-0.2, -0.15) is 5.10 Å². The van der Waals surface area contributed by atoms with Crippen LogP contribution in [0.15, 0.2) is 36.5 Å². The number of carbonyl (C=O) groups excluding carboxylic acids is 1. The predicted molar refractivity (Wildman–Crippen MR) is 71.9 cm³/mol. The van der Waals surface area contributed by atoms with Gasteiger partial charge in [0.25, 0.3) is 5.91 Å².